The van der Waals surface area contributed by atoms with Gasteiger partial charge in [0.25, 0.3) is 0 Å². The SMILES string of the molecule is Cc1cc(N2CCN(S(=O)(=O)c3ccc(C)c(C)c3)CC2)c(C#N)c(C)n1. The number of hydrogen-bond acceptors (Lipinski definition) is 5. The van der Waals surface area contributed by atoms with E-state index in [0.29, 0.717) is 42.3 Å². The zero-order valence-corrected chi connectivity index (χ0v) is 17.0. The van der Waals surface area contributed by atoms with Crippen molar-refractivity contribution in [3.8, 4) is 6.07 Å². The summed E-state index contributed by atoms with van der Waals surface area (Å²) in [6.07, 6.45) is 0. The quantitative estimate of drug-likeness (QED) is 0.813. The Hall–Kier alpha value is -2.43. The zero-order chi connectivity index (χ0) is 19.8. The van der Waals surface area contributed by atoms with Crippen LogP contribution in [0.3, 0.4) is 0 Å². The standard InChI is InChI=1S/C20H24N4O2S/c1-14-5-6-18(11-15(14)2)27(25,26)24-9-7-23(8-10-24)20-12-16(3)22-17(4)19(20)13-21/h5-6,11-12H,7-10H2,1-4H3. The van der Waals surface area contributed by atoms with Crippen molar-refractivity contribution in [2.75, 3.05) is 31.1 Å². The van der Waals surface area contributed by atoms with E-state index in [4.69, 9.17) is 0 Å². The van der Waals surface area contributed by atoms with Crippen LogP contribution in [0.15, 0.2) is 29.2 Å². The molecule has 1 fully saturated rings. The highest BCUT2D eigenvalue weighted by molar-refractivity contribution is 7.89. The molecule has 0 radical (unpaired) electrons. The van der Waals surface area contributed by atoms with E-state index in [9.17, 15) is 13.7 Å². The molecule has 1 aliphatic rings. The first-order valence-electron chi connectivity index (χ1n) is 8.94. The molecule has 7 heteroatoms. The summed E-state index contributed by atoms with van der Waals surface area (Å²) >= 11 is 0. The average molecular weight is 385 g/mol. The van der Waals surface area contributed by atoms with E-state index in [1.807, 2.05) is 39.8 Å². The van der Waals surface area contributed by atoms with Crippen molar-refractivity contribution < 1.29 is 8.42 Å². The van der Waals surface area contributed by atoms with Gasteiger partial charge in [0.05, 0.1) is 21.8 Å². The summed E-state index contributed by atoms with van der Waals surface area (Å²) in [5.74, 6) is 0. The molecule has 0 N–H and O–H groups in total. The Balaban J connectivity index is 1.81. The number of nitrogens with zero attached hydrogens (tertiary/aromatic N) is 4. The Labute approximate surface area is 161 Å². The lowest BCUT2D eigenvalue weighted by Gasteiger charge is -2.36. The van der Waals surface area contributed by atoms with Crippen LogP contribution in [-0.2, 0) is 10.0 Å². The molecular weight excluding hydrogens is 360 g/mol. The van der Waals surface area contributed by atoms with Gasteiger partial charge in [-0.05, 0) is 57.0 Å². The van der Waals surface area contributed by atoms with Crippen LogP contribution >= 0.6 is 0 Å². The smallest absolute Gasteiger partial charge is 0.243 e. The van der Waals surface area contributed by atoms with Crippen LogP contribution in [-0.4, -0.2) is 43.9 Å². The molecule has 0 unspecified atom stereocenters. The van der Waals surface area contributed by atoms with Crippen molar-refractivity contribution >= 4 is 15.7 Å². The summed E-state index contributed by atoms with van der Waals surface area (Å²) in [6, 6.07) is 9.39. The van der Waals surface area contributed by atoms with Gasteiger partial charge in [0.1, 0.15) is 6.07 Å². The van der Waals surface area contributed by atoms with E-state index in [1.54, 1.807) is 12.1 Å². The van der Waals surface area contributed by atoms with Crippen molar-refractivity contribution in [3.05, 3.63) is 52.3 Å². The van der Waals surface area contributed by atoms with E-state index < -0.39 is 10.0 Å². The van der Waals surface area contributed by atoms with Crippen molar-refractivity contribution in [2.45, 2.75) is 32.6 Å². The third-order valence-electron chi connectivity index (χ3n) is 5.11. The molecular formula is C20H24N4O2S. The van der Waals surface area contributed by atoms with E-state index in [0.717, 1.165) is 22.5 Å². The second-order valence-electron chi connectivity index (χ2n) is 6.99. The fraction of sp³-hybridized carbons (Fsp3) is 0.400. The maximum absolute atomic E-state index is 13.0. The highest BCUT2D eigenvalue weighted by Gasteiger charge is 2.29. The molecule has 6 nitrogen and oxygen atoms in total. The number of aromatic nitrogens is 1. The monoisotopic (exact) mass is 384 g/mol. The summed E-state index contributed by atoms with van der Waals surface area (Å²) < 4.78 is 27.5. The lowest BCUT2D eigenvalue weighted by molar-refractivity contribution is 0.384. The Morgan fingerprint density at radius 1 is 1.00 bits per heavy atom. The Morgan fingerprint density at radius 3 is 2.26 bits per heavy atom. The van der Waals surface area contributed by atoms with E-state index in [1.165, 1.54) is 4.31 Å². The van der Waals surface area contributed by atoms with E-state index in [2.05, 4.69) is 16.0 Å². The first kappa shape index (κ1) is 19.3. The second kappa shape index (κ2) is 7.29. The first-order chi connectivity index (χ1) is 12.7. The van der Waals surface area contributed by atoms with Crippen LogP contribution in [0.25, 0.3) is 0 Å². The number of rotatable bonds is 3. The second-order valence-corrected chi connectivity index (χ2v) is 8.93. The van der Waals surface area contributed by atoms with Crippen LogP contribution < -0.4 is 4.90 Å². The molecule has 0 aliphatic carbocycles. The molecule has 0 amide bonds. The number of hydrogen-bond donors (Lipinski definition) is 0. The third kappa shape index (κ3) is 3.68. The van der Waals surface area contributed by atoms with Crippen molar-refractivity contribution in [1.82, 2.24) is 9.29 Å². The van der Waals surface area contributed by atoms with Gasteiger partial charge in [-0.25, -0.2) is 8.42 Å². The van der Waals surface area contributed by atoms with Crippen LogP contribution in [0, 0.1) is 39.0 Å². The van der Waals surface area contributed by atoms with Gasteiger partial charge in [-0.2, -0.15) is 9.57 Å². The number of benzene rings is 1. The zero-order valence-electron chi connectivity index (χ0n) is 16.2. The molecule has 0 bridgehead atoms. The molecule has 1 aliphatic heterocycles. The van der Waals surface area contributed by atoms with Crippen LogP contribution in [0.2, 0.25) is 0 Å². The maximum Gasteiger partial charge on any atom is 0.243 e. The van der Waals surface area contributed by atoms with Crippen LogP contribution in [0.4, 0.5) is 5.69 Å². The first-order valence-corrected chi connectivity index (χ1v) is 10.4. The van der Waals surface area contributed by atoms with Crippen LogP contribution in [0.1, 0.15) is 28.1 Å². The molecule has 142 valence electrons. The summed E-state index contributed by atoms with van der Waals surface area (Å²) in [5, 5.41) is 9.48. The number of nitriles is 1. The number of pyridine rings is 1. The summed E-state index contributed by atoms with van der Waals surface area (Å²) in [7, 11) is -3.51. The molecule has 2 heterocycles. The fourth-order valence-corrected chi connectivity index (χ4v) is 4.90. The van der Waals surface area contributed by atoms with E-state index >= 15 is 0 Å². The van der Waals surface area contributed by atoms with Gasteiger partial charge >= 0.3 is 0 Å². The van der Waals surface area contributed by atoms with Gasteiger partial charge in [-0.3, -0.25) is 4.98 Å². The van der Waals surface area contributed by atoms with Gasteiger partial charge < -0.3 is 4.90 Å². The Morgan fingerprint density at radius 2 is 1.67 bits per heavy atom. The number of piperazine rings is 1. The van der Waals surface area contributed by atoms with Gasteiger partial charge in [0, 0.05) is 31.9 Å². The molecule has 3 rings (SSSR count). The fourth-order valence-electron chi connectivity index (χ4n) is 3.39. The minimum atomic E-state index is -3.51. The molecule has 27 heavy (non-hydrogen) atoms. The molecule has 0 spiro atoms. The normalized spacial score (nSPS) is 15.6. The molecule has 1 aromatic heterocycles. The largest absolute Gasteiger partial charge is 0.368 e. The topological polar surface area (TPSA) is 77.3 Å². The third-order valence-corrected chi connectivity index (χ3v) is 7.01. The average Bonchev–Trinajstić information content (AvgIpc) is 2.63. The summed E-state index contributed by atoms with van der Waals surface area (Å²) in [5.41, 5.74) is 5.00. The van der Waals surface area contributed by atoms with Gasteiger partial charge in [-0.1, -0.05) is 6.07 Å². The summed E-state index contributed by atoms with van der Waals surface area (Å²) in [4.78, 5) is 6.77. The van der Waals surface area contributed by atoms with Crippen LogP contribution in [0.5, 0.6) is 0 Å². The predicted molar refractivity (Wildman–Crippen MR) is 105 cm³/mol. The van der Waals surface area contributed by atoms with Gasteiger partial charge in [-0.15, -0.1) is 0 Å². The highest BCUT2D eigenvalue weighted by Crippen LogP contribution is 2.26. The lowest BCUT2D eigenvalue weighted by Crippen LogP contribution is -2.49. The number of anilines is 1. The highest BCUT2D eigenvalue weighted by atomic mass is 32.2. The number of aryl methyl sites for hydroxylation is 4. The molecule has 0 saturated carbocycles. The van der Waals surface area contributed by atoms with Crippen molar-refractivity contribution in [2.24, 2.45) is 0 Å². The minimum absolute atomic E-state index is 0.340. The Bertz CT molecular complexity index is 1020. The molecule has 0 atom stereocenters. The molecule has 1 saturated heterocycles. The van der Waals surface area contributed by atoms with E-state index in [-0.39, 0.29) is 0 Å². The summed E-state index contributed by atoms with van der Waals surface area (Å²) in [6.45, 7) is 9.48. The van der Waals surface area contributed by atoms with Crippen molar-refractivity contribution in [3.63, 3.8) is 0 Å². The van der Waals surface area contributed by atoms with Gasteiger partial charge in [0.2, 0.25) is 10.0 Å². The Kier molecular flexibility index (Phi) is 5.22. The lowest BCUT2D eigenvalue weighted by atomic mass is 10.1. The number of sulfonamides is 1. The maximum atomic E-state index is 13.0. The van der Waals surface area contributed by atoms with Crippen molar-refractivity contribution in [1.29, 1.82) is 5.26 Å². The predicted octanol–water partition coefficient (Wildman–Crippen LogP) is 2.70. The molecule has 1 aromatic carbocycles. The molecule has 2 aromatic rings. The van der Waals surface area contributed by atoms with Gasteiger partial charge in [0.15, 0.2) is 0 Å². The minimum Gasteiger partial charge on any atom is -0.368 e.